The first kappa shape index (κ1) is 25.8. The molecule has 2 aromatic rings. The molecule has 1 amide bonds. The Kier molecular flexibility index (Phi) is 8.73. The van der Waals surface area contributed by atoms with Gasteiger partial charge in [-0.15, -0.1) is 0 Å². The molecule has 0 saturated heterocycles. The second-order valence-electron chi connectivity index (χ2n) is 8.91. The number of aryl methyl sites for hydroxylation is 2. The topological polar surface area (TPSA) is 135 Å². The second-order valence-corrected chi connectivity index (χ2v) is 10.6. The number of amides is 1. The molecule has 10 heteroatoms. The average molecular weight is 490 g/mol. The second kappa shape index (κ2) is 11.5. The van der Waals surface area contributed by atoms with Gasteiger partial charge in [0.15, 0.2) is 5.78 Å². The van der Waals surface area contributed by atoms with Crippen LogP contribution < -0.4 is 10.0 Å². The summed E-state index contributed by atoms with van der Waals surface area (Å²) in [5.74, 6) is -2.20. The normalized spacial score (nSPS) is 19.0. The minimum Gasteiger partial charge on any atom is -0.361 e. The first-order valence-corrected chi connectivity index (χ1v) is 13.0. The van der Waals surface area contributed by atoms with E-state index >= 15 is 0 Å². The van der Waals surface area contributed by atoms with Gasteiger partial charge in [-0.1, -0.05) is 37.2 Å². The van der Waals surface area contributed by atoms with Gasteiger partial charge in [0.25, 0.3) is 5.91 Å². The fraction of sp³-hybridized carbons (Fsp3) is 0.500. The van der Waals surface area contributed by atoms with Gasteiger partial charge in [-0.05, 0) is 43.7 Å². The van der Waals surface area contributed by atoms with Crippen molar-refractivity contribution in [3.8, 4) is 0 Å². The number of fused-ring (bicyclic) bond motifs is 1. The number of hydrogen-bond donors (Lipinski definition) is 2. The van der Waals surface area contributed by atoms with Crippen LogP contribution in [0.1, 0.15) is 50.9 Å². The minimum absolute atomic E-state index is 0.0550. The average Bonchev–Trinajstić information content (AvgIpc) is 3.25. The first-order chi connectivity index (χ1) is 16.2. The van der Waals surface area contributed by atoms with Gasteiger partial charge in [0, 0.05) is 30.9 Å². The predicted octanol–water partition coefficient (Wildman–Crippen LogP) is 2.21. The van der Waals surface area contributed by atoms with E-state index in [1.165, 1.54) is 12.1 Å². The minimum atomic E-state index is -3.93. The highest BCUT2D eigenvalue weighted by Gasteiger charge is 2.33. The molecular weight excluding hydrogens is 458 g/mol. The van der Waals surface area contributed by atoms with Crippen molar-refractivity contribution in [2.24, 2.45) is 11.8 Å². The van der Waals surface area contributed by atoms with Crippen molar-refractivity contribution in [1.29, 1.82) is 0 Å². The summed E-state index contributed by atoms with van der Waals surface area (Å²) in [6, 6.07) is 6.78. The van der Waals surface area contributed by atoms with Gasteiger partial charge in [0.2, 0.25) is 15.8 Å². The van der Waals surface area contributed by atoms with E-state index < -0.39 is 39.5 Å². The summed E-state index contributed by atoms with van der Waals surface area (Å²) in [5, 5.41) is 6.46. The van der Waals surface area contributed by atoms with Gasteiger partial charge in [0.1, 0.15) is 5.76 Å². The molecule has 1 aliphatic heterocycles. The van der Waals surface area contributed by atoms with Crippen LogP contribution in [-0.4, -0.2) is 43.6 Å². The third-order valence-electron chi connectivity index (χ3n) is 5.99. The van der Waals surface area contributed by atoms with Crippen LogP contribution in [0, 0.1) is 11.8 Å². The zero-order valence-corrected chi connectivity index (χ0v) is 20.3. The highest BCUT2D eigenvalue weighted by molar-refractivity contribution is 7.89. The molecular formula is C24H31N3O6S. The summed E-state index contributed by atoms with van der Waals surface area (Å²) in [7, 11) is -3.93. The molecule has 1 aromatic heterocycles. The summed E-state index contributed by atoms with van der Waals surface area (Å²) < 4.78 is 33.4. The number of nitrogens with one attached hydrogen (secondary N) is 2. The Morgan fingerprint density at radius 2 is 1.91 bits per heavy atom. The molecule has 9 nitrogen and oxygen atoms in total. The van der Waals surface area contributed by atoms with Gasteiger partial charge in [-0.3, -0.25) is 14.4 Å². The fourth-order valence-corrected chi connectivity index (χ4v) is 5.45. The van der Waals surface area contributed by atoms with Crippen LogP contribution in [0.3, 0.4) is 0 Å². The van der Waals surface area contributed by atoms with E-state index in [-0.39, 0.29) is 17.2 Å². The molecule has 2 N–H and O–H groups in total. The van der Waals surface area contributed by atoms with E-state index in [1.54, 1.807) is 38.2 Å². The molecule has 2 heterocycles. The molecule has 1 aromatic carbocycles. The first-order valence-electron chi connectivity index (χ1n) is 11.5. The van der Waals surface area contributed by atoms with Crippen molar-refractivity contribution < 1.29 is 27.3 Å². The number of carbonyl (C=O) groups is 3. The number of Topliss-reactive ketones (excluding diaryl/α,β-unsaturated/α-hetero) is 2. The van der Waals surface area contributed by atoms with Gasteiger partial charge < -0.3 is 9.84 Å². The Morgan fingerprint density at radius 3 is 2.62 bits per heavy atom. The van der Waals surface area contributed by atoms with Crippen molar-refractivity contribution in [1.82, 2.24) is 15.2 Å². The third kappa shape index (κ3) is 6.60. The summed E-state index contributed by atoms with van der Waals surface area (Å²) >= 11 is 0. The van der Waals surface area contributed by atoms with Gasteiger partial charge in [-0.25, -0.2) is 13.1 Å². The summed E-state index contributed by atoms with van der Waals surface area (Å²) in [4.78, 5) is 38.5. The summed E-state index contributed by atoms with van der Waals surface area (Å²) in [6.07, 6.45) is 4.15. The lowest BCUT2D eigenvalue weighted by molar-refractivity contribution is -0.141. The van der Waals surface area contributed by atoms with E-state index in [0.29, 0.717) is 38.6 Å². The van der Waals surface area contributed by atoms with Crippen molar-refractivity contribution in [2.45, 2.75) is 63.3 Å². The largest absolute Gasteiger partial charge is 0.361 e. The maximum Gasteiger partial charge on any atom is 0.287 e. The molecule has 34 heavy (non-hydrogen) atoms. The molecule has 0 radical (unpaired) electrons. The zero-order valence-electron chi connectivity index (χ0n) is 19.5. The van der Waals surface area contributed by atoms with E-state index in [1.807, 2.05) is 0 Å². The smallest absolute Gasteiger partial charge is 0.287 e. The Hall–Kier alpha value is -2.85. The van der Waals surface area contributed by atoms with Crippen LogP contribution in [-0.2, 0) is 37.2 Å². The molecule has 2 unspecified atom stereocenters. The molecule has 184 valence electrons. The summed E-state index contributed by atoms with van der Waals surface area (Å²) in [6.45, 7) is 3.77. The van der Waals surface area contributed by atoms with E-state index in [4.69, 9.17) is 4.52 Å². The van der Waals surface area contributed by atoms with E-state index in [0.717, 1.165) is 11.3 Å². The fourth-order valence-electron chi connectivity index (χ4n) is 4.06. The van der Waals surface area contributed by atoms with E-state index in [2.05, 4.69) is 15.2 Å². The third-order valence-corrected chi connectivity index (χ3v) is 7.44. The quantitative estimate of drug-likeness (QED) is 0.569. The molecule has 0 aliphatic carbocycles. The Bertz CT molecular complexity index is 1110. The number of ketones is 2. The van der Waals surface area contributed by atoms with Crippen LogP contribution in [0.25, 0.3) is 0 Å². The molecule has 0 spiro atoms. The lowest BCUT2D eigenvalue weighted by Crippen LogP contribution is -2.46. The zero-order chi connectivity index (χ0) is 24.7. The number of hydrogen-bond acceptors (Lipinski definition) is 7. The van der Waals surface area contributed by atoms with Gasteiger partial charge in [0.05, 0.1) is 17.1 Å². The highest BCUT2D eigenvalue weighted by Crippen LogP contribution is 2.22. The maximum absolute atomic E-state index is 13.2. The van der Waals surface area contributed by atoms with Crippen LogP contribution in [0.2, 0.25) is 0 Å². The number of benzene rings is 1. The molecule has 1 aliphatic rings. The van der Waals surface area contributed by atoms with Crippen molar-refractivity contribution in [3.05, 3.63) is 47.9 Å². The number of nitrogens with zero attached hydrogens (tertiary/aromatic N) is 1. The van der Waals surface area contributed by atoms with Crippen LogP contribution >= 0.6 is 0 Å². The standard InChI is InChI=1S/C24H31N3O6S/c1-16(2)22(27-34(31,32)19-10-4-3-5-11-19)20(28)14-17-8-6-9-18-15-26-33-21(18)12-7-13-25-24(30)23(17)29/h3-5,10-11,15-17,22,27H,6-9,12-14H2,1-2H3,(H,25,30). The van der Waals surface area contributed by atoms with Gasteiger partial charge in [-0.2, -0.15) is 0 Å². The summed E-state index contributed by atoms with van der Waals surface area (Å²) in [5.41, 5.74) is 0.958. The van der Waals surface area contributed by atoms with Crippen LogP contribution in [0.4, 0.5) is 0 Å². The molecule has 2 atom stereocenters. The molecule has 3 rings (SSSR count). The molecule has 0 bridgehead atoms. The van der Waals surface area contributed by atoms with E-state index in [9.17, 15) is 22.8 Å². The number of aromatic nitrogens is 1. The number of rotatable bonds is 7. The van der Waals surface area contributed by atoms with Crippen molar-refractivity contribution >= 4 is 27.5 Å². The lowest BCUT2D eigenvalue weighted by Gasteiger charge is -2.23. The Morgan fingerprint density at radius 1 is 1.18 bits per heavy atom. The monoisotopic (exact) mass is 489 g/mol. The predicted molar refractivity (Wildman–Crippen MR) is 124 cm³/mol. The van der Waals surface area contributed by atoms with Crippen LogP contribution in [0.15, 0.2) is 45.9 Å². The van der Waals surface area contributed by atoms with Crippen molar-refractivity contribution in [2.75, 3.05) is 6.54 Å². The SMILES string of the molecule is CC(C)C(NS(=O)(=O)c1ccccc1)C(=O)CC1CCCc2cnoc2CCCNC(=O)C1=O. The van der Waals surface area contributed by atoms with Gasteiger partial charge >= 0.3 is 0 Å². The molecule has 0 fully saturated rings. The lowest BCUT2D eigenvalue weighted by atomic mass is 9.86. The Labute approximate surface area is 199 Å². The number of sulfonamides is 1. The maximum atomic E-state index is 13.2. The van der Waals surface area contributed by atoms with Crippen molar-refractivity contribution in [3.63, 3.8) is 0 Å². The van der Waals surface area contributed by atoms with Crippen LogP contribution in [0.5, 0.6) is 0 Å². The Balaban J connectivity index is 1.75. The number of carbonyl (C=O) groups excluding carboxylic acids is 3. The highest BCUT2D eigenvalue weighted by atomic mass is 32.2. The molecule has 0 saturated carbocycles.